The van der Waals surface area contributed by atoms with Crippen LogP contribution in [-0.2, 0) is 11.2 Å². The third-order valence-corrected chi connectivity index (χ3v) is 7.74. The van der Waals surface area contributed by atoms with Crippen molar-refractivity contribution in [2.45, 2.75) is 57.9 Å². The van der Waals surface area contributed by atoms with Gasteiger partial charge in [0.1, 0.15) is 0 Å². The maximum atomic E-state index is 13.1. The Hall–Kier alpha value is -2.66. The molecule has 2 aliphatic heterocycles. The molecule has 1 saturated carbocycles. The molecule has 3 aliphatic rings. The van der Waals surface area contributed by atoms with E-state index in [1.807, 2.05) is 28.9 Å². The highest BCUT2D eigenvalue weighted by molar-refractivity contribution is 5.96. The number of fused-ring (bicyclic) bond motifs is 1. The first-order valence-electron chi connectivity index (χ1n) is 12.7. The number of piperazine rings is 1. The highest BCUT2D eigenvalue weighted by Crippen LogP contribution is 2.33. The number of rotatable bonds is 4. The molecule has 0 radical (unpaired) electrons. The Labute approximate surface area is 197 Å². The number of carbonyl (C=O) groups is 2. The summed E-state index contributed by atoms with van der Waals surface area (Å²) in [5.41, 5.74) is 5.29. The Morgan fingerprint density at radius 3 is 2.24 bits per heavy atom. The SMILES string of the molecule is CCC(=O)N1CCc2cc(-c3ccc(C(=O)N4CCN(C5CCCCC5)CC4)cc3)ccc21. The van der Waals surface area contributed by atoms with Crippen LogP contribution in [0.3, 0.4) is 0 Å². The van der Waals surface area contributed by atoms with Crippen LogP contribution in [0.25, 0.3) is 11.1 Å². The van der Waals surface area contributed by atoms with Gasteiger partial charge in [0.2, 0.25) is 5.91 Å². The van der Waals surface area contributed by atoms with Crippen LogP contribution in [-0.4, -0.2) is 60.4 Å². The van der Waals surface area contributed by atoms with Gasteiger partial charge in [-0.25, -0.2) is 0 Å². The lowest BCUT2D eigenvalue weighted by Crippen LogP contribution is -2.52. The summed E-state index contributed by atoms with van der Waals surface area (Å²) in [4.78, 5) is 31.8. The number of benzene rings is 2. The molecular formula is C28H35N3O2. The standard InChI is InChI=1S/C28H35N3O2/c1-2-27(32)31-15-14-24-20-23(12-13-26(24)31)21-8-10-22(11-9-21)28(33)30-18-16-29(17-19-30)25-6-4-3-5-7-25/h8-13,20,25H,2-7,14-19H2,1H3. The van der Waals surface area contributed by atoms with Crippen LogP contribution in [0.2, 0.25) is 0 Å². The van der Waals surface area contributed by atoms with Crippen molar-refractivity contribution < 1.29 is 9.59 Å². The zero-order chi connectivity index (χ0) is 22.8. The Morgan fingerprint density at radius 2 is 1.55 bits per heavy atom. The van der Waals surface area contributed by atoms with Gasteiger partial charge in [0.15, 0.2) is 0 Å². The molecule has 33 heavy (non-hydrogen) atoms. The van der Waals surface area contributed by atoms with Crippen molar-refractivity contribution in [2.24, 2.45) is 0 Å². The number of hydrogen-bond acceptors (Lipinski definition) is 3. The molecule has 0 N–H and O–H groups in total. The van der Waals surface area contributed by atoms with Crippen LogP contribution in [0.1, 0.15) is 61.4 Å². The minimum absolute atomic E-state index is 0.146. The molecule has 0 bridgehead atoms. The highest BCUT2D eigenvalue weighted by atomic mass is 16.2. The molecule has 0 aromatic heterocycles. The first kappa shape index (κ1) is 22.1. The topological polar surface area (TPSA) is 43.9 Å². The van der Waals surface area contributed by atoms with Crippen LogP contribution in [0.15, 0.2) is 42.5 Å². The second-order valence-electron chi connectivity index (χ2n) is 9.69. The summed E-state index contributed by atoms with van der Waals surface area (Å²) in [6.07, 6.45) is 8.18. The second kappa shape index (κ2) is 9.68. The molecule has 0 unspecified atom stereocenters. The van der Waals surface area contributed by atoms with E-state index in [0.29, 0.717) is 6.42 Å². The van der Waals surface area contributed by atoms with Crippen LogP contribution in [0.4, 0.5) is 5.69 Å². The quantitative estimate of drug-likeness (QED) is 0.683. The van der Waals surface area contributed by atoms with Crippen molar-refractivity contribution in [1.82, 2.24) is 9.80 Å². The molecule has 174 valence electrons. The largest absolute Gasteiger partial charge is 0.336 e. The van der Waals surface area contributed by atoms with E-state index in [-0.39, 0.29) is 11.8 Å². The van der Waals surface area contributed by atoms with Crippen molar-refractivity contribution in [2.75, 3.05) is 37.6 Å². The lowest BCUT2D eigenvalue weighted by Gasteiger charge is -2.40. The highest BCUT2D eigenvalue weighted by Gasteiger charge is 2.28. The van der Waals surface area contributed by atoms with Crippen molar-refractivity contribution in [1.29, 1.82) is 0 Å². The Morgan fingerprint density at radius 1 is 0.848 bits per heavy atom. The summed E-state index contributed by atoms with van der Waals surface area (Å²) < 4.78 is 0. The van der Waals surface area contributed by atoms with Crippen LogP contribution in [0, 0.1) is 0 Å². The van der Waals surface area contributed by atoms with Crippen LogP contribution < -0.4 is 4.90 Å². The fourth-order valence-corrected chi connectivity index (χ4v) is 5.76. The monoisotopic (exact) mass is 445 g/mol. The lowest BCUT2D eigenvalue weighted by molar-refractivity contribution is -0.118. The molecule has 0 atom stereocenters. The molecule has 2 amide bonds. The number of anilines is 1. The predicted octanol–water partition coefficient (Wildman–Crippen LogP) is 4.74. The van der Waals surface area contributed by atoms with Gasteiger partial charge in [-0.3, -0.25) is 14.5 Å². The van der Waals surface area contributed by atoms with Gasteiger partial charge in [0.25, 0.3) is 5.91 Å². The smallest absolute Gasteiger partial charge is 0.253 e. The maximum Gasteiger partial charge on any atom is 0.253 e. The summed E-state index contributed by atoms with van der Waals surface area (Å²) >= 11 is 0. The minimum atomic E-state index is 0.146. The first-order valence-corrected chi connectivity index (χ1v) is 12.7. The first-order chi connectivity index (χ1) is 16.1. The van der Waals surface area contributed by atoms with E-state index in [1.54, 1.807) is 0 Å². The van der Waals surface area contributed by atoms with Crippen molar-refractivity contribution >= 4 is 17.5 Å². The van der Waals surface area contributed by atoms with Crippen molar-refractivity contribution in [3.8, 4) is 11.1 Å². The Kier molecular flexibility index (Phi) is 6.50. The van der Waals surface area contributed by atoms with Crippen molar-refractivity contribution in [3.05, 3.63) is 53.6 Å². The summed E-state index contributed by atoms with van der Waals surface area (Å²) in [6.45, 7) is 6.34. The molecule has 1 aliphatic carbocycles. The summed E-state index contributed by atoms with van der Waals surface area (Å²) in [5, 5.41) is 0. The van der Waals surface area contributed by atoms with Crippen LogP contribution in [0.5, 0.6) is 0 Å². The van der Waals surface area contributed by atoms with Gasteiger partial charge in [-0.05, 0) is 60.2 Å². The molecule has 2 aromatic rings. The van der Waals surface area contributed by atoms with Crippen LogP contribution >= 0.6 is 0 Å². The van der Waals surface area contributed by atoms with Gasteiger partial charge >= 0.3 is 0 Å². The van der Waals surface area contributed by atoms with E-state index in [0.717, 1.165) is 67.6 Å². The molecular weight excluding hydrogens is 410 g/mol. The summed E-state index contributed by atoms with van der Waals surface area (Å²) in [6, 6.07) is 15.1. The summed E-state index contributed by atoms with van der Waals surface area (Å²) in [7, 11) is 0. The van der Waals surface area contributed by atoms with Gasteiger partial charge in [-0.2, -0.15) is 0 Å². The van der Waals surface area contributed by atoms with E-state index in [2.05, 4.69) is 35.2 Å². The maximum absolute atomic E-state index is 13.1. The van der Waals surface area contributed by atoms with Gasteiger partial charge < -0.3 is 9.80 Å². The predicted molar refractivity (Wildman–Crippen MR) is 133 cm³/mol. The molecule has 2 fully saturated rings. The average Bonchev–Trinajstić information content (AvgIpc) is 3.32. The molecule has 2 aromatic carbocycles. The molecule has 2 heterocycles. The number of nitrogens with zero attached hydrogens (tertiary/aromatic N) is 3. The van der Waals surface area contributed by atoms with E-state index in [9.17, 15) is 9.59 Å². The van der Waals surface area contributed by atoms with Gasteiger partial charge in [-0.1, -0.05) is 44.4 Å². The van der Waals surface area contributed by atoms with Gasteiger partial charge in [0, 0.05) is 56.4 Å². The second-order valence-corrected chi connectivity index (χ2v) is 9.69. The van der Waals surface area contributed by atoms with Crippen molar-refractivity contribution in [3.63, 3.8) is 0 Å². The zero-order valence-corrected chi connectivity index (χ0v) is 19.8. The van der Waals surface area contributed by atoms with E-state index in [4.69, 9.17) is 0 Å². The summed E-state index contributed by atoms with van der Waals surface area (Å²) in [5.74, 6) is 0.330. The normalized spacial score (nSPS) is 19.5. The van der Waals surface area contributed by atoms with E-state index < -0.39 is 0 Å². The zero-order valence-electron chi connectivity index (χ0n) is 19.8. The Bertz CT molecular complexity index is 1000. The third kappa shape index (κ3) is 4.56. The number of amides is 2. The lowest BCUT2D eigenvalue weighted by atomic mass is 9.94. The number of hydrogen-bond donors (Lipinski definition) is 0. The van der Waals surface area contributed by atoms with Gasteiger partial charge in [-0.15, -0.1) is 0 Å². The van der Waals surface area contributed by atoms with Gasteiger partial charge in [0.05, 0.1) is 0 Å². The van der Waals surface area contributed by atoms with E-state index in [1.165, 1.54) is 37.7 Å². The molecule has 5 nitrogen and oxygen atoms in total. The molecule has 0 spiro atoms. The fraction of sp³-hybridized carbons (Fsp3) is 0.500. The number of carbonyl (C=O) groups excluding carboxylic acids is 2. The van der Waals surface area contributed by atoms with E-state index >= 15 is 0 Å². The third-order valence-electron chi connectivity index (χ3n) is 7.74. The average molecular weight is 446 g/mol. The molecule has 5 rings (SSSR count). The molecule has 5 heteroatoms. The minimum Gasteiger partial charge on any atom is -0.336 e. The molecule has 1 saturated heterocycles. The Balaban J connectivity index is 1.22. The fourth-order valence-electron chi connectivity index (χ4n) is 5.76.